The number of fused-ring (bicyclic) bond motifs is 2. The van der Waals surface area contributed by atoms with Crippen molar-refractivity contribution in [3.05, 3.63) is 66.0 Å². The third kappa shape index (κ3) is 7.62. The van der Waals surface area contributed by atoms with Gasteiger partial charge in [-0.05, 0) is 80.8 Å². The van der Waals surface area contributed by atoms with Crippen molar-refractivity contribution in [1.82, 2.24) is 5.32 Å². The zero-order valence-corrected chi connectivity index (χ0v) is 21.3. The summed E-state index contributed by atoms with van der Waals surface area (Å²) in [5, 5.41) is 6.73. The molecule has 1 N–H and O–H groups in total. The number of benzene rings is 3. The smallest absolute Gasteiger partial charge is 0.324 e. The van der Waals surface area contributed by atoms with E-state index in [1.54, 1.807) is 41.5 Å². The van der Waals surface area contributed by atoms with Gasteiger partial charge in [-0.15, -0.1) is 0 Å². The summed E-state index contributed by atoms with van der Waals surface area (Å²) in [4.78, 5) is 25.1. The first-order chi connectivity index (χ1) is 16.3. The van der Waals surface area contributed by atoms with E-state index in [-0.39, 0.29) is 13.0 Å². The third-order valence-corrected chi connectivity index (χ3v) is 5.11. The van der Waals surface area contributed by atoms with Crippen molar-refractivity contribution in [2.24, 2.45) is 0 Å². The maximum absolute atomic E-state index is 15.2. The Morgan fingerprint density at radius 3 is 1.91 bits per heavy atom. The van der Waals surface area contributed by atoms with E-state index < -0.39 is 35.0 Å². The molecule has 0 fully saturated rings. The molecule has 0 heterocycles. The zero-order chi connectivity index (χ0) is 25.8. The van der Waals surface area contributed by atoms with Crippen molar-refractivity contribution >= 4 is 39.6 Å². The predicted octanol–water partition coefficient (Wildman–Crippen LogP) is 6.34. The number of halogens is 1. The van der Waals surface area contributed by atoms with Crippen LogP contribution in [0.2, 0.25) is 0 Å². The van der Waals surface area contributed by atoms with E-state index in [1.165, 1.54) is 6.08 Å². The second kappa shape index (κ2) is 10.6. The van der Waals surface area contributed by atoms with Gasteiger partial charge >= 0.3 is 11.9 Å². The van der Waals surface area contributed by atoms with Crippen LogP contribution in [0.4, 0.5) is 4.39 Å². The Labute approximate surface area is 206 Å². The number of carbonyl (C=O) groups excluding carboxylic acids is 2. The van der Waals surface area contributed by atoms with Crippen LogP contribution in [0.5, 0.6) is 0 Å². The first-order valence-corrected chi connectivity index (χ1v) is 11.8. The molecule has 6 heteroatoms. The van der Waals surface area contributed by atoms with Crippen LogP contribution in [0.3, 0.4) is 0 Å². The summed E-state index contributed by atoms with van der Waals surface area (Å²) in [5.41, 5.74) is -0.684. The lowest BCUT2D eigenvalue weighted by Gasteiger charge is -2.25. The summed E-state index contributed by atoms with van der Waals surface area (Å²) in [5.74, 6) is -1.67. The van der Waals surface area contributed by atoms with Crippen molar-refractivity contribution in [3.63, 3.8) is 0 Å². The molecule has 35 heavy (non-hydrogen) atoms. The Balaban J connectivity index is 1.86. The van der Waals surface area contributed by atoms with Gasteiger partial charge in [0.05, 0.1) is 6.42 Å². The normalized spacial score (nSPS) is 13.6. The van der Waals surface area contributed by atoms with Crippen molar-refractivity contribution in [3.8, 4) is 0 Å². The van der Waals surface area contributed by atoms with E-state index in [2.05, 4.69) is 11.4 Å². The van der Waals surface area contributed by atoms with Crippen LogP contribution in [0.25, 0.3) is 27.6 Å². The number of ether oxygens (including phenoxy) is 2. The van der Waals surface area contributed by atoms with E-state index in [0.29, 0.717) is 0 Å². The van der Waals surface area contributed by atoms with Gasteiger partial charge < -0.3 is 9.47 Å². The Kier molecular flexibility index (Phi) is 7.96. The molecule has 3 aromatic rings. The van der Waals surface area contributed by atoms with Gasteiger partial charge in [-0.25, -0.2) is 4.39 Å². The van der Waals surface area contributed by atoms with Gasteiger partial charge in [0, 0.05) is 6.54 Å². The highest BCUT2D eigenvalue weighted by Gasteiger charge is 2.29. The maximum atomic E-state index is 15.2. The van der Waals surface area contributed by atoms with E-state index in [9.17, 15) is 9.59 Å². The molecule has 0 amide bonds. The predicted molar refractivity (Wildman–Crippen MR) is 139 cm³/mol. The number of rotatable bonds is 7. The topological polar surface area (TPSA) is 64.6 Å². The molecular formula is C29H34FNO4. The molecule has 0 radical (unpaired) electrons. The van der Waals surface area contributed by atoms with E-state index in [0.717, 1.165) is 27.1 Å². The molecule has 3 aromatic carbocycles. The molecule has 0 saturated carbocycles. The van der Waals surface area contributed by atoms with E-state index in [1.807, 2.05) is 48.5 Å². The molecule has 0 aliphatic rings. The lowest BCUT2D eigenvalue weighted by molar-refractivity contribution is -0.164. The minimum Gasteiger partial charge on any atom is -0.460 e. The van der Waals surface area contributed by atoms with Crippen LogP contribution in [0.1, 0.15) is 53.5 Å². The number of carbonyl (C=O) groups is 2. The van der Waals surface area contributed by atoms with Crippen LogP contribution in [0.15, 0.2) is 60.4 Å². The number of hydrogen-bond donors (Lipinski definition) is 1. The molecule has 0 saturated heterocycles. The summed E-state index contributed by atoms with van der Waals surface area (Å²) in [6, 6.07) is 16.7. The minimum absolute atomic E-state index is 0.246. The van der Waals surface area contributed by atoms with E-state index in [4.69, 9.17) is 9.47 Å². The first kappa shape index (κ1) is 26.4. The number of hydrogen-bond acceptors (Lipinski definition) is 5. The second-order valence-electron chi connectivity index (χ2n) is 10.6. The second-order valence-corrected chi connectivity index (χ2v) is 10.6. The standard InChI is InChI=1S/C29H34FNO4/c1-28(2,3)34-26(32)17-25(27(33)35-29(4,5)6)31-18-21(30)16-24-22-13-9-7-11-19(22)15-20-12-8-10-14-23(20)24/h7-16,25,31H,17-18H2,1-6H3/b21-16-/t25-/m0/s1. The number of esters is 2. The Bertz CT molecular complexity index is 1200. The van der Waals surface area contributed by atoms with Gasteiger partial charge in [-0.1, -0.05) is 48.5 Å². The highest BCUT2D eigenvalue weighted by atomic mass is 19.1. The summed E-state index contributed by atoms with van der Waals surface area (Å²) in [7, 11) is 0. The largest absolute Gasteiger partial charge is 0.460 e. The molecule has 0 spiro atoms. The molecule has 0 bridgehead atoms. The molecule has 186 valence electrons. The summed E-state index contributed by atoms with van der Waals surface area (Å²) < 4.78 is 26.0. The van der Waals surface area contributed by atoms with Gasteiger partial charge in [-0.2, -0.15) is 0 Å². The fourth-order valence-corrected chi connectivity index (χ4v) is 3.79. The van der Waals surface area contributed by atoms with E-state index >= 15 is 4.39 Å². The minimum atomic E-state index is -1.05. The van der Waals surface area contributed by atoms with Gasteiger partial charge in [-0.3, -0.25) is 14.9 Å². The molecule has 5 nitrogen and oxygen atoms in total. The summed E-state index contributed by atoms with van der Waals surface area (Å²) >= 11 is 0. The lowest BCUT2D eigenvalue weighted by atomic mass is 9.96. The average molecular weight is 480 g/mol. The van der Waals surface area contributed by atoms with Crippen LogP contribution in [0, 0.1) is 0 Å². The molecule has 1 atom stereocenters. The van der Waals surface area contributed by atoms with Crippen LogP contribution in [-0.2, 0) is 19.1 Å². The molecule has 3 rings (SSSR count). The van der Waals surface area contributed by atoms with Crippen molar-refractivity contribution in [1.29, 1.82) is 0 Å². The van der Waals surface area contributed by atoms with Crippen molar-refractivity contribution in [2.75, 3.05) is 6.54 Å². The van der Waals surface area contributed by atoms with Crippen LogP contribution in [-0.4, -0.2) is 35.7 Å². The Hall–Kier alpha value is -3.25. The maximum Gasteiger partial charge on any atom is 0.324 e. The Morgan fingerprint density at radius 2 is 1.40 bits per heavy atom. The fourth-order valence-electron chi connectivity index (χ4n) is 3.79. The molecule has 0 aliphatic carbocycles. The lowest BCUT2D eigenvalue weighted by Crippen LogP contribution is -2.44. The molecule has 0 aromatic heterocycles. The summed E-state index contributed by atoms with van der Waals surface area (Å²) in [6.45, 7) is 10.2. The highest BCUT2D eigenvalue weighted by Crippen LogP contribution is 2.30. The van der Waals surface area contributed by atoms with Crippen LogP contribution >= 0.6 is 0 Å². The van der Waals surface area contributed by atoms with Crippen molar-refractivity contribution in [2.45, 2.75) is 65.2 Å². The van der Waals surface area contributed by atoms with Gasteiger partial charge in [0.1, 0.15) is 23.1 Å². The SMILES string of the molecule is CC(C)(C)OC(=O)C[C@H](NC/C(F)=C/c1c2ccccc2cc2ccccc12)C(=O)OC(C)(C)C. The van der Waals surface area contributed by atoms with Crippen molar-refractivity contribution < 1.29 is 23.5 Å². The fraction of sp³-hybridized carbons (Fsp3) is 0.379. The molecule has 0 unspecified atom stereocenters. The molecular weight excluding hydrogens is 445 g/mol. The number of nitrogens with one attached hydrogen (secondary N) is 1. The van der Waals surface area contributed by atoms with Crippen LogP contribution < -0.4 is 5.32 Å². The highest BCUT2D eigenvalue weighted by molar-refractivity contribution is 6.06. The quantitative estimate of drug-likeness (QED) is 0.317. The monoisotopic (exact) mass is 479 g/mol. The third-order valence-electron chi connectivity index (χ3n) is 5.11. The summed E-state index contributed by atoms with van der Waals surface area (Å²) in [6.07, 6.45) is 1.22. The van der Waals surface area contributed by atoms with Gasteiger partial charge in [0.25, 0.3) is 0 Å². The Morgan fingerprint density at radius 1 is 0.886 bits per heavy atom. The first-order valence-electron chi connectivity index (χ1n) is 11.8. The zero-order valence-electron chi connectivity index (χ0n) is 21.3. The molecule has 0 aliphatic heterocycles. The average Bonchev–Trinajstić information content (AvgIpc) is 2.74. The van der Waals surface area contributed by atoms with Gasteiger partial charge in [0.2, 0.25) is 0 Å². The van der Waals surface area contributed by atoms with Gasteiger partial charge in [0.15, 0.2) is 0 Å².